The Hall–Kier alpha value is -0.830. The van der Waals surface area contributed by atoms with Gasteiger partial charge in [0.2, 0.25) is 0 Å². The molecule has 0 bridgehead atoms. The molecule has 0 aromatic carbocycles. The molecule has 0 amide bonds. The molecule has 2 atom stereocenters. The molecule has 0 spiro atoms. The van der Waals surface area contributed by atoms with Crippen LogP contribution in [-0.4, -0.2) is 15.6 Å². The number of imidazole rings is 1. The molecule has 2 N–H and O–H groups in total. The Bertz CT molecular complexity index is 227. The first-order valence-electron chi connectivity index (χ1n) is 3.85. The fourth-order valence-electron chi connectivity index (χ4n) is 1.05. The summed E-state index contributed by atoms with van der Waals surface area (Å²) in [6, 6.07) is 0.163. The molecule has 1 heterocycles. The lowest BCUT2D eigenvalue weighted by Crippen LogP contribution is -2.24. The summed E-state index contributed by atoms with van der Waals surface area (Å²) in [6.07, 6.45) is 3.74. The first-order valence-corrected chi connectivity index (χ1v) is 3.85. The number of aryl methyl sites for hydroxylation is 1. The third kappa shape index (κ3) is 1.60. The zero-order valence-corrected chi connectivity index (χ0v) is 7.28. The quantitative estimate of drug-likeness (QED) is 0.685. The fourth-order valence-corrected chi connectivity index (χ4v) is 1.05. The van der Waals surface area contributed by atoms with Gasteiger partial charge in [0.25, 0.3) is 0 Å². The average molecular weight is 153 g/mol. The van der Waals surface area contributed by atoms with E-state index >= 15 is 0 Å². The summed E-state index contributed by atoms with van der Waals surface area (Å²) in [5.41, 5.74) is 5.74. The molecule has 1 aromatic heterocycles. The Balaban J connectivity index is 2.84. The van der Waals surface area contributed by atoms with E-state index in [1.165, 1.54) is 0 Å². The maximum atomic E-state index is 5.74. The molecular formula is C8H15N3. The van der Waals surface area contributed by atoms with E-state index in [0.29, 0.717) is 5.92 Å². The van der Waals surface area contributed by atoms with Gasteiger partial charge >= 0.3 is 0 Å². The van der Waals surface area contributed by atoms with Crippen LogP contribution in [0.2, 0.25) is 0 Å². The molecule has 0 aliphatic rings. The molecule has 0 radical (unpaired) electrons. The molecule has 0 aliphatic heterocycles. The van der Waals surface area contributed by atoms with Crippen molar-refractivity contribution in [2.75, 3.05) is 0 Å². The van der Waals surface area contributed by atoms with E-state index in [1.54, 1.807) is 6.20 Å². The smallest absolute Gasteiger partial charge is 0.112 e. The number of hydrogen-bond donors (Lipinski definition) is 1. The SMILES string of the molecule is CC(N)C(C)c1nccn1C. The predicted octanol–water partition coefficient (Wildman–Crippen LogP) is 0.871. The van der Waals surface area contributed by atoms with Crippen LogP contribution in [0, 0.1) is 0 Å². The van der Waals surface area contributed by atoms with Crippen molar-refractivity contribution in [3.8, 4) is 0 Å². The van der Waals surface area contributed by atoms with Crippen LogP contribution in [0.15, 0.2) is 12.4 Å². The van der Waals surface area contributed by atoms with E-state index in [0.717, 1.165) is 5.82 Å². The summed E-state index contributed by atoms with van der Waals surface area (Å²) in [5.74, 6) is 1.38. The van der Waals surface area contributed by atoms with E-state index in [1.807, 2.05) is 24.7 Å². The lowest BCUT2D eigenvalue weighted by Gasteiger charge is -2.14. The first kappa shape index (κ1) is 8.27. The van der Waals surface area contributed by atoms with Gasteiger partial charge in [-0.25, -0.2) is 4.98 Å². The standard InChI is InChI=1S/C8H15N3/c1-6(7(2)9)8-10-4-5-11(8)3/h4-7H,9H2,1-3H3. The average Bonchev–Trinajstić information content (AvgIpc) is 2.33. The van der Waals surface area contributed by atoms with Gasteiger partial charge in [0, 0.05) is 31.4 Å². The van der Waals surface area contributed by atoms with Gasteiger partial charge in [0.15, 0.2) is 0 Å². The van der Waals surface area contributed by atoms with Crippen LogP contribution in [0.1, 0.15) is 25.6 Å². The Morgan fingerprint density at radius 2 is 2.18 bits per heavy atom. The Labute approximate surface area is 67.2 Å². The van der Waals surface area contributed by atoms with Crippen LogP contribution in [0.4, 0.5) is 0 Å². The minimum absolute atomic E-state index is 0.163. The van der Waals surface area contributed by atoms with Crippen molar-refractivity contribution in [3.05, 3.63) is 18.2 Å². The predicted molar refractivity (Wildman–Crippen MR) is 45.3 cm³/mol. The number of nitrogens with zero attached hydrogens (tertiary/aromatic N) is 2. The second-order valence-corrected chi connectivity index (χ2v) is 3.04. The highest BCUT2D eigenvalue weighted by Crippen LogP contribution is 2.14. The Morgan fingerprint density at radius 3 is 2.55 bits per heavy atom. The van der Waals surface area contributed by atoms with E-state index < -0.39 is 0 Å². The molecule has 2 unspecified atom stereocenters. The Morgan fingerprint density at radius 1 is 1.55 bits per heavy atom. The normalized spacial score (nSPS) is 16.4. The molecule has 62 valence electrons. The minimum atomic E-state index is 0.163. The van der Waals surface area contributed by atoms with Crippen molar-refractivity contribution in [2.24, 2.45) is 12.8 Å². The Kier molecular flexibility index (Phi) is 2.29. The molecule has 0 fully saturated rings. The number of hydrogen-bond acceptors (Lipinski definition) is 2. The van der Waals surface area contributed by atoms with Crippen molar-refractivity contribution in [1.82, 2.24) is 9.55 Å². The summed E-state index contributed by atoms with van der Waals surface area (Å²) in [6.45, 7) is 4.09. The molecule has 0 saturated heterocycles. The number of rotatable bonds is 2. The van der Waals surface area contributed by atoms with Gasteiger partial charge in [-0.2, -0.15) is 0 Å². The highest BCUT2D eigenvalue weighted by Gasteiger charge is 2.13. The maximum Gasteiger partial charge on any atom is 0.112 e. The van der Waals surface area contributed by atoms with E-state index in [9.17, 15) is 0 Å². The van der Waals surface area contributed by atoms with Crippen molar-refractivity contribution in [2.45, 2.75) is 25.8 Å². The highest BCUT2D eigenvalue weighted by molar-refractivity contribution is 5.00. The van der Waals surface area contributed by atoms with Crippen molar-refractivity contribution < 1.29 is 0 Å². The van der Waals surface area contributed by atoms with Gasteiger partial charge in [-0.1, -0.05) is 6.92 Å². The van der Waals surface area contributed by atoms with Crippen LogP contribution >= 0.6 is 0 Å². The monoisotopic (exact) mass is 153 g/mol. The molecule has 3 heteroatoms. The van der Waals surface area contributed by atoms with E-state index in [2.05, 4.69) is 11.9 Å². The maximum absolute atomic E-state index is 5.74. The topological polar surface area (TPSA) is 43.8 Å². The molecule has 3 nitrogen and oxygen atoms in total. The summed E-state index contributed by atoms with van der Waals surface area (Å²) < 4.78 is 2.01. The fraction of sp³-hybridized carbons (Fsp3) is 0.625. The molecule has 1 rings (SSSR count). The molecular weight excluding hydrogens is 138 g/mol. The van der Waals surface area contributed by atoms with Gasteiger partial charge in [-0.15, -0.1) is 0 Å². The van der Waals surface area contributed by atoms with E-state index in [4.69, 9.17) is 5.73 Å². The minimum Gasteiger partial charge on any atom is -0.338 e. The van der Waals surface area contributed by atoms with Crippen molar-refractivity contribution in [1.29, 1.82) is 0 Å². The number of aromatic nitrogens is 2. The lowest BCUT2D eigenvalue weighted by atomic mass is 10.0. The summed E-state index contributed by atoms with van der Waals surface area (Å²) in [4.78, 5) is 4.22. The lowest BCUT2D eigenvalue weighted by molar-refractivity contribution is 0.562. The van der Waals surface area contributed by atoms with Crippen molar-refractivity contribution >= 4 is 0 Å². The van der Waals surface area contributed by atoms with E-state index in [-0.39, 0.29) is 6.04 Å². The van der Waals surface area contributed by atoms with Crippen LogP contribution < -0.4 is 5.73 Å². The van der Waals surface area contributed by atoms with Crippen molar-refractivity contribution in [3.63, 3.8) is 0 Å². The second kappa shape index (κ2) is 3.05. The third-order valence-electron chi connectivity index (χ3n) is 2.05. The van der Waals surface area contributed by atoms with Crippen LogP contribution in [0.25, 0.3) is 0 Å². The largest absolute Gasteiger partial charge is 0.338 e. The zero-order valence-electron chi connectivity index (χ0n) is 7.28. The molecule has 0 saturated carbocycles. The summed E-state index contributed by atoms with van der Waals surface area (Å²) >= 11 is 0. The van der Waals surface area contributed by atoms with Gasteiger partial charge in [0.1, 0.15) is 5.82 Å². The highest BCUT2D eigenvalue weighted by atomic mass is 15.0. The first-order chi connectivity index (χ1) is 5.13. The van der Waals surface area contributed by atoms with Gasteiger partial charge in [0.05, 0.1) is 0 Å². The zero-order chi connectivity index (χ0) is 8.43. The van der Waals surface area contributed by atoms with Gasteiger partial charge in [-0.3, -0.25) is 0 Å². The molecule has 1 aromatic rings. The van der Waals surface area contributed by atoms with Crippen LogP contribution in [-0.2, 0) is 7.05 Å². The van der Waals surface area contributed by atoms with Gasteiger partial charge < -0.3 is 10.3 Å². The van der Waals surface area contributed by atoms with Gasteiger partial charge in [-0.05, 0) is 6.92 Å². The molecule has 0 aliphatic carbocycles. The van der Waals surface area contributed by atoms with Crippen LogP contribution in [0.3, 0.4) is 0 Å². The number of nitrogens with two attached hydrogens (primary N) is 1. The third-order valence-corrected chi connectivity index (χ3v) is 2.05. The second-order valence-electron chi connectivity index (χ2n) is 3.04. The van der Waals surface area contributed by atoms with Crippen LogP contribution in [0.5, 0.6) is 0 Å². The summed E-state index contributed by atoms with van der Waals surface area (Å²) in [7, 11) is 1.99. The summed E-state index contributed by atoms with van der Waals surface area (Å²) in [5, 5.41) is 0. The molecule has 11 heavy (non-hydrogen) atoms.